The number of carbonyl (C=O) groups excluding carboxylic acids is 1. The first-order chi connectivity index (χ1) is 9.57. The third-order valence-corrected chi connectivity index (χ3v) is 5.05. The summed E-state index contributed by atoms with van der Waals surface area (Å²) in [7, 11) is 2.20. The molecule has 2 aliphatic rings. The zero-order valence-electron chi connectivity index (χ0n) is 14.9. The van der Waals surface area contributed by atoms with Crippen molar-refractivity contribution in [3.8, 4) is 0 Å². The van der Waals surface area contributed by atoms with Gasteiger partial charge in [0.1, 0.15) is 0 Å². The maximum atomic E-state index is 12.4. The molecule has 21 heavy (non-hydrogen) atoms. The number of nitrogens with zero attached hydrogens (tertiary/aromatic N) is 2. The minimum absolute atomic E-state index is 0.0769. The second kappa shape index (κ2) is 5.91. The van der Waals surface area contributed by atoms with Gasteiger partial charge in [0.25, 0.3) is 0 Å². The van der Waals surface area contributed by atoms with Gasteiger partial charge in [-0.25, -0.2) is 0 Å². The van der Waals surface area contributed by atoms with E-state index in [0.29, 0.717) is 23.7 Å². The maximum absolute atomic E-state index is 12.4. The second-order valence-corrected chi connectivity index (χ2v) is 9.34. The third kappa shape index (κ3) is 4.98. The molecule has 0 aromatic heterocycles. The lowest BCUT2D eigenvalue weighted by atomic mass is 9.75. The summed E-state index contributed by atoms with van der Waals surface area (Å²) in [5.41, 5.74) is 0.407. The normalized spacial score (nSPS) is 20.8. The Labute approximate surface area is 131 Å². The van der Waals surface area contributed by atoms with Crippen molar-refractivity contribution in [1.29, 1.82) is 0 Å². The highest BCUT2D eigenvalue weighted by Gasteiger charge is 2.39. The number of hydrogen-bond acceptors (Lipinski definition) is 2. The van der Waals surface area contributed by atoms with Crippen molar-refractivity contribution < 1.29 is 4.79 Å². The highest BCUT2D eigenvalue weighted by Crippen LogP contribution is 2.35. The fourth-order valence-corrected chi connectivity index (χ4v) is 3.34. The van der Waals surface area contributed by atoms with Crippen LogP contribution in [0.25, 0.3) is 0 Å². The summed E-state index contributed by atoms with van der Waals surface area (Å²) >= 11 is 0. The van der Waals surface area contributed by atoms with Crippen LogP contribution in [0, 0.1) is 22.7 Å². The van der Waals surface area contributed by atoms with Crippen molar-refractivity contribution in [2.45, 2.75) is 53.9 Å². The zero-order chi connectivity index (χ0) is 15.8. The summed E-state index contributed by atoms with van der Waals surface area (Å²) in [5, 5.41) is 0. The molecule has 3 heteroatoms. The van der Waals surface area contributed by atoms with Gasteiger partial charge in [0.15, 0.2) is 0 Å². The van der Waals surface area contributed by atoms with Gasteiger partial charge in [-0.1, -0.05) is 34.6 Å². The molecule has 0 aromatic carbocycles. The minimum Gasteiger partial charge on any atom is -0.342 e. The molecule has 0 aromatic rings. The number of hydrogen-bond donors (Lipinski definition) is 0. The molecule has 0 radical (unpaired) electrons. The van der Waals surface area contributed by atoms with Crippen LogP contribution in [0.2, 0.25) is 0 Å². The van der Waals surface area contributed by atoms with Crippen LogP contribution in [-0.2, 0) is 4.79 Å². The molecule has 3 nitrogen and oxygen atoms in total. The zero-order valence-corrected chi connectivity index (χ0v) is 14.9. The van der Waals surface area contributed by atoms with Crippen LogP contribution >= 0.6 is 0 Å². The molecule has 1 saturated heterocycles. The Morgan fingerprint density at radius 2 is 1.71 bits per heavy atom. The Morgan fingerprint density at radius 1 is 1.14 bits per heavy atom. The summed E-state index contributed by atoms with van der Waals surface area (Å²) in [4.78, 5) is 16.9. The molecule has 1 heterocycles. The van der Waals surface area contributed by atoms with Crippen molar-refractivity contribution in [2.75, 3.05) is 33.2 Å². The molecular formula is C18H34N2O. The summed E-state index contributed by atoms with van der Waals surface area (Å²) < 4.78 is 0. The van der Waals surface area contributed by atoms with Crippen LogP contribution < -0.4 is 0 Å². The summed E-state index contributed by atoms with van der Waals surface area (Å²) in [6.45, 7) is 15.4. The molecule has 0 unspecified atom stereocenters. The number of carbonyl (C=O) groups is 1. The van der Waals surface area contributed by atoms with E-state index in [9.17, 15) is 4.79 Å². The highest BCUT2D eigenvalue weighted by atomic mass is 16.2. The van der Waals surface area contributed by atoms with Crippen molar-refractivity contribution >= 4 is 5.91 Å². The van der Waals surface area contributed by atoms with Gasteiger partial charge in [0.2, 0.25) is 5.91 Å². The van der Waals surface area contributed by atoms with Crippen molar-refractivity contribution in [1.82, 2.24) is 9.80 Å². The van der Waals surface area contributed by atoms with Gasteiger partial charge in [0, 0.05) is 32.6 Å². The van der Waals surface area contributed by atoms with Crippen LogP contribution in [0.5, 0.6) is 0 Å². The van der Waals surface area contributed by atoms with E-state index in [4.69, 9.17) is 0 Å². The van der Waals surface area contributed by atoms with Gasteiger partial charge in [-0.3, -0.25) is 4.79 Å². The topological polar surface area (TPSA) is 23.6 Å². The molecule has 1 aliphatic carbocycles. The van der Waals surface area contributed by atoms with E-state index in [1.54, 1.807) is 0 Å². The monoisotopic (exact) mass is 294 g/mol. The largest absolute Gasteiger partial charge is 0.342 e. The van der Waals surface area contributed by atoms with E-state index in [1.165, 1.54) is 19.4 Å². The highest BCUT2D eigenvalue weighted by molar-refractivity contribution is 5.77. The molecule has 0 spiro atoms. The molecule has 2 rings (SSSR count). The second-order valence-electron chi connectivity index (χ2n) is 9.34. The lowest BCUT2D eigenvalue weighted by Crippen LogP contribution is -2.55. The Kier molecular flexibility index (Phi) is 4.72. The average Bonchev–Trinajstić information content (AvgIpc) is 2.93. The lowest BCUT2D eigenvalue weighted by molar-refractivity contribution is -0.142. The summed E-state index contributed by atoms with van der Waals surface area (Å²) in [5.74, 6) is 1.94. The van der Waals surface area contributed by atoms with Crippen LogP contribution in [0.4, 0.5) is 0 Å². The predicted molar refractivity (Wildman–Crippen MR) is 88.1 cm³/mol. The SMILES string of the molecule is CN(CC1CC1)CC(C)(C)CC(=O)N1CC(C(C)(C)C)C1. The number of amides is 1. The first-order valence-electron chi connectivity index (χ1n) is 8.53. The standard InChI is InChI=1S/C18H34N2O/c1-17(2,3)15-11-20(12-15)16(21)9-18(4,5)13-19(6)10-14-7-8-14/h14-15H,7-13H2,1-6H3. The van der Waals surface area contributed by atoms with Gasteiger partial charge < -0.3 is 9.80 Å². The van der Waals surface area contributed by atoms with Gasteiger partial charge >= 0.3 is 0 Å². The Morgan fingerprint density at radius 3 is 2.19 bits per heavy atom. The molecule has 1 aliphatic heterocycles. The van der Waals surface area contributed by atoms with E-state index in [-0.39, 0.29) is 5.41 Å². The number of likely N-dealkylation sites (tertiary alicyclic amines) is 1. The molecule has 1 saturated carbocycles. The predicted octanol–water partition coefficient (Wildman–Crippen LogP) is 3.25. The lowest BCUT2D eigenvalue weighted by Gasteiger charge is -2.47. The van der Waals surface area contributed by atoms with E-state index < -0.39 is 0 Å². The van der Waals surface area contributed by atoms with Gasteiger partial charge in [-0.05, 0) is 42.6 Å². The van der Waals surface area contributed by atoms with E-state index in [1.807, 2.05) is 0 Å². The smallest absolute Gasteiger partial charge is 0.223 e. The Bertz CT molecular complexity index is 373. The van der Waals surface area contributed by atoms with Crippen molar-refractivity contribution in [2.24, 2.45) is 22.7 Å². The Balaban J connectivity index is 1.73. The van der Waals surface area contributed by atoms with E-state index in [0.717, 1.165) is 25.6 Å². The van der Waals surface area contributed by atoms with Crippen molar-refractivity contribution in [3.05, 3.63) is 0 Å². The quantitative estimate of drug-likeness (QED) is 0.751. The summed E-state index contributed by atoms with van der Waals surface area (Å²) in [6, 6.07) is 0. The average molecular weight is 294 g/mol. The number of rotatable bonds is 6. The Hall–Kier alpha value is -0.570. The van der Waals surface area contributed by atoms with Crippen molar-refractivity contribution in [3.63, 3.8) is 0 Å². The molecule has 122 valence electrons. The van der Waals surface area contributed by atoms with Gasteiger partial charge in [-0.15, -0.1) is 0 Å². The molecule has 1 amide bonds. The van der Waals surface area contributed by atoms with Crippen LogP contribution in [-0.4, -0.2) is 48.9 Å². The third-order valence-electron chi connectivity index (χ3n) is 5.05. The fourth-order valence-electron chi connectivity index (χ4n) is 3.34. The fraction of sp³-hybridized carbons (Fsp3) is 0.944. The first-order valence-corrected chi connectivity index (χ1v) is 8.53. The van der Waals surface area contributed by atoms with E-state index in [2.05, 4.69) is 51.5 Å². The molecule has 0 N–H and O–H groups in total. The van der Waals surface area contributed by atoms with Gasteiger partial charge in [-0.2, -0.15) is 0 Å². The molecular weight excluding hydrogens is 260 g/mol. The first kappa shape index (κ1) is 16.8. The van der Waals surface area contributed by atoms with Crippen LogP contribution in [0.15, 0.2) is 0 Å². The van der Waals surface area contributed by atoms with Gasteiger partial charge in [0.05, 0.1) is 0 Å². The summed E-state index contributed by atoms with van der Waals surface area (Å²) in [6.07, 6.45) is 3.47. The molecule has 0 atom stereocenters. The maximum Gasteiger partial charge on any atom is 0.223 e. The minimum atomic E-state index is 0.0769. The molecule has 2 fully saturated rings. The molecule has 0 bridgehead atoms. The van der Waals surface area contributed by atoms with Crippen LogP contribution in [0.3, 0.4) is 0 Å². The van der Waals surface area contributed by atoms with Crippen LogP contribution in [0.1, 0.15) is 53.9 Å². The van der Waals surface area contributed by atoms with E-state index >= 15 is 0 Å².